The molecule has 8 heteroatoms. The minimum absolute atomic E-state index is 0.0690. The van der Waals surface area contributed by atoms with Crippen molar-refractivity contribution in [1.29, 1.82) is 0 Å². The van der Waals surface area contributed by atoms with Crippen molar-refractivity contribution in [2.45, 2.75) is 33.2 Å². The van der Waals surface area contributed by atoms with Gasteiger partial charge in [0.1, 0.15) is 5.82 Å². The molecule has 3 rings (SSSR count). The number of non-ortho nitro benzene ring substituents is 1. The summed E-state index contributed by atoms with van der Waals surface area (Å²) in [6, 6.07) is 6.51. The van der Waals surface area contributed by atoms with E-state index in [9.17, 15) is 10.1 Å². The highest BCUT2D eigenvalue weighted by Crippen LogP contribution is 2.21. The number of aryl methyl sites for hydroxylation is 1. The standard InChI is InChI=1S/C16H18N6O2/c1-10(2)14-9-18-21-15(14)19-11(3)20-16(21)17-8-12-5-4-6-13(7-12)22(23)24/h4-7,9-10H,8H2,1-3H3,(H,17,19,20). The molecule has 0 amide bonds. The topological polar surface area (TPSA) is 98.2 Å². The lowest BCUT2D eigenvalue weighted by Gasteiger charge is -2.09. The number of hydrogen-bond donors (Lipinski definition) is 1. The Morgan fingerprint density at radius 3 is 2.83 bits per heavy atom. The Morgan fingerprint density at radius 1 is 1.33 bits per heavy atom. The maximum atomic E-state index is 10.9. The van der Waals surface area contributed by atoms with Crippen LogP contribution in [0.5, 0.6) is 0 Å². The summed E-state index contributed by atoms with van der Waals surface area (Å²) >= 11 is 0. The molecule has 2 aromatic heterocycles. The molecule has 0 atom stereocenters. The number of aromatic nitrogens is 4. The minimum Gasteiger partial charge on any atom is -0.350 e. The van der Waals surface area contributed by atoms with Gasteiger partial charge in [-0.2, -0.15) is 14.6 Å². The first-order valence-corrected chi connectivity index (χ1v) is 7.65. The molecule has 0 saturated heterocycles. The number of anilines is 1. The SMILES string of the molecule is Cc1nc(NCc2cccc([N+](=O)[O-])c2)n2ncc(C(C)C)c2n1. The van der Waals surface area contributed by atoms with Gasteiger partial charge in [0.25, 0.3) is 5.69 Å². The highest BCUT2D eigenvalue weighted by Gasteiger charge is 2.14. The first-order chi connectivity index (χ1) is 11.5. The Labute approximate surface area is 138 Å². The predicted molar refractivity (Wildman–Crippen MR) is 90.0 cm³/mol. The second kappa shape index (κ2) is 6.23. The second-order valence-electron chi connectivity index (χ2n) is 5.87. The molecular weight excluding hydrogens is 308 g/mol. The molecule has 0 saturated carbocycles. The molecule has 2 heterocycles. The van der Waals surface area contributed by atoms with Gasteiger partial charge in [-0.15, -0.1) is 0 Å². The number of benzene rings is 1. The van der Waals surface area contributed by atoms with Crippen LogP contribution in [0, 0.1) is 17.0 Å². The zero-order valence-electron chi connectivity index (χ0n) is 13.7. The third-order valence-corrected chi connectivity index (χ3v) is 3.70. The van der Waals surface area contributed by atoms with Crippen molar-refractivity contribution in [3.05, 3.63) is 57.5 Å². The summed E-state index contributed by atoms with van der Waals surface area (Å²) in [5, 5.41) is 18.4. The Hall–Kier alpha value is -3.03. The molecule has 1 aromatic carbocycles. The maximum absolute atomic E-state index is 10.9. The van der Waals surface area contributed by atoms with E-state index in [0.29, 0.717) is 24.2 Å². The molecule has 8 nitrogen and oxygen atoms in total. The smallest absolute Gasteiger partial charge is 0.269 e. The summed E-state index contributed by atoms with van der Waals surface area (Å²) in [5.41, 5.74) is 2.70. The fourth-order valence-corrected chi connectivity index (χ4v) is 2.48. The second-order valence-corrected chi connectivity index (χ2v) is 5.87. The lowest BCUT2D eigenvalue weighted by molar-refractivity contribution is -0.384. The number of nitro benzene ring substituents is 1. The van der Waals surface area contributed by atoms with Crippen molar-refractivity contribution in [2.24, 2.45) is 0 Å². The molecule has 0 unspecified atom stereocenters. The van der Waals surface area contributed by atoms with Crippen LogP contribution in [0.1, 0.15) is 36.7 Å². The summed E-state index contributed by atoms with van der Waals surface area (Å²) < 4.78 is 1.67. The van der Waals surface area contributed by atoms with Crippen molar-refractivity contribution in [3.63, 3.8) is 0 Å². The van der Waals surface area contributed by atoms with Gasteiger partial charge in [0.05, 0.1) is 11.1 Å². The van der Waals surface area contributed by atoms with Gasteiger partial charge in [0.2, 0.25) is 5.95 Å². The number of nitrogens with zero attached hydrogens (tertiary/aromatic N) is 5. The van der Waals surface area contributed by atoms with Gasteiger partial charge < -0.3 is 5.32 Å². The van der Waals surface area contributed by atoms with Gasteiger partial charge in [-0.3, -0.25) is 10.1 Å². The van der Waals surface area contributed by atoms with E-state index in [1.54, 1.807) is 22.8 Å². The Bertz CT molecular complexity index is 903. The minimum atomic E-state index is -0.404. The van der Waals surface area contributed by atoms with Gasteiger partial charge in [0, 0.05) is 24.2 Å². The Morgan fingerprint density at radius 2 is 2.12 bits per heavy atom. The van der Waals surface area contributed by atoms with Crippen LogP contribution in [0.4, 0.5) is 11.6 Å². The molecule has 1 N–H and O–H groups in total. The van der Waals surface area contributed by atoms with Crippen LogP contribution in [0.2, 0.25) is 0 Å². The van der Waals surface area contributed by atoms with Crippen LogP contribution < -0.4 is 5.32 Å². The van der Waals surface area contributed by atoms with Crippen LogP contribution in [-0.2, 0) is 6.54 Å². The summed E-state index contributed by atoms with van der Waals surface area (Å²) in [6.07, 6.45) is 1.80. The third-order valence-electron chi connectivity index (χ3n) is 3.70. The Kier molecular flexibility index (Phi) is 4.11. The number of nitrogens with one attached hydrogen (secondary N) is 1. The molecule has 0 bridgehead atoms. The molecule has 24 heavy (non-hydrogen) atoms. The molecule has 124 valence electrons. The van der Waals surface area contributed by atoms with E-state index < -0.39 is 4.92 Å². The van der Waals surface area contributed by atoms with Crippen LogP contribution >= 0.6 is 0 Å². The molecule has 0 radical (unpaired) electrons. The van der Waals surface area contributed by atoms with E-state index in [0.717, 1.165) is 16.8 Å². The number of fused-ring (bicyclic) bond motifs is 1. The third kappa shape index (κ3) is 3.03. The fourth-order valence-electron chi connectivity index (χ4n) is 2.48. The van der Waals surface area contributed by atoms with Crippen LogP contribution in [0.15, 0.2) is 30.5 Å². The number of hydrogen-bond acceptors (Lipinski definition) is 6. The number of rotatable bonds is 5. The Balaban J connectivity index is 1.90. The van der Waals surface area contributed by atoms with Gasteiger partial charge in [-0.05, 0) is 18.4 Å². The van der Waals surface area contributed by atoms with E-state index in [1.165, 1.54) is 6.07 Å². The van der Waals surface area contributed by atoms with Crippen LogP contribution in [0.3, 0.4) is 0 Å². The molecule has 3 aromatic rings. The average Bonchev–Trinajstić information content (AvgIpc) is 2.96. The zero-order chi connectivity index (χ0) is 17.3. The van der Waals surface area contributed by atoms with Crippen molar-refractivity contribution in [3.8, 4) is 0 Å². The fraction of sp³-hybridized carbons (Fsp3) is 0.312. The van der Waals surface area contributed by atoms with Crippen molar-refractivity contribution < 1.29 is 4.92 Å². The summed E-state index contributed by atoms with van der Waals surface area (Å²) in [7, 11) is 0. The van der Waals surface area contributed by atoms with Gasteiger partial charge in [-0.1, -0.05) is 26.0 Å². The first kappa shape index (κ1) is 15.9. The molecule has 0 aliphatic heterocycles. The summed E-state index contributed by atoms with van der Waals surface area (Å²) in [4.78, 5) is 19.3. The highest BCUT2D eigenvalue weighted by molar-refractivity contribution is 5.52. The van der Waals surface area contributed by atoms with Crippen molar-refractivity contribution in [1.82, 2.24) is 19.6 Å². The first-order valence-electron chi connectivity index (χ1n) is 7.65. The van der Waals surface area contributed by atoms with E-state index in [1.807, 2.05) is 13.0 Å². The monoisotopic (exact) mass is 326 g/mol. The zero-order valence-corrected chi connectivity index (χ0v) is 13.7. The predicted octanol–water partition coefficient (Wildman–Crippen LogP) is 3.08. The lowest BCUT2D eigenvalue weighted by Crippen LogP contribution is -2.10. The molecule has 0 fully saturated rings. The molecule has 0 aliphatic carbocycles. The quantitative estimate of drug-likeness (QED) is 0.571. The summed E-state index contributed by atoms with van der Waals surface area (Å²) in [6.45, 7) is 6.41. The van der Waals surface area contributed by atoms with E-state index in [2.05, 4.69) is 34.2 Å². The normalized spacial score (nSPS) is 11.2. The number of nitro groups is 1. The van der Waals surface area contributed by atoms with E-state index in [4.69, 9.17) is 0 Å². The molecular formula is C16H18N6O2. The molecule has 0 aliphatic rings. The van der Waals surface area contributed by atoms with Gasteiger partial charge in [0.15, 0.2) is 5.65 Å². The van der Waals surface area contributed by atoms with Crippen molar-refractivity contribution in [2.75, 3.05) is 5.32 Å². The largest absolute Gasteiger partial charge is 0.350 e. The van der Waals surface area contributed by atoms with Gasteiger partial charge >= 0.3 is 0 Å². The van der Waals surface area contributed by atoms with Crippen LogP contribution in [-0.4, -0.2) is 24.5 Å². The van der Waals surface area contributed by atoms with E-state index >= 15 is 0 Å². The van der Waals surface area contributed by atoms with Crippen LogP contribution in [0.25, 0.3) is 5.65 Å². The lowest BCUT2D eigenvalue weighted by atomic mass is 10.1. The summed E-state index contributed by atoms with van der Waals surface area (Å²) in [5.74, 6) is 1.52. The van der Waals surface area contributed by atoms with Gasteiger partial charge in [-0.25, -0.2) is 4.98 Å². The van der Waals surface area contributed by atoms with E-state index in [-0.39, 0.29) is 5.69 Å². The van der Waals surface area contributed by atoms with Crippen molar-refractivity contribution >= 4 is 17.3 Å². The average molecular weight is 326 g/mol. The highest BCUT2D eigenvalue weighted by atomic mass is 16.6. The molecule has 0 spiro atoms. The maximum Gasteiger partial charge on any atom is 0.269 e.